The van der Waals surface area contributed by atoms with Crippen LogP contribution in [0.4, 0.5) is 0 Å². The van der Waals surface area contributed by atoms with Crippen LogP contribution < -0.4 is 0 Å². The maximum absolute atomic E-state index is 2.50. The summed E-state index contributed by atoms with van der Waals surface area (Å²) in [5.41, 5.74) is 1.73. The van der Waals surface area contributed by atoms with Crippen molar-refractivity contribution >= 4 is 21.2 Å². The zero-order valence-corrected chi connectivity index (χ0v) is 20.8. The molecule has 0 heterocycles. The van der Waals surface area contributed by atoms with Crippen LogP contribution in [0, 0.1) is 0 Å². The van der Waals surface area contributed by atoms with Crippen LogP contribution in [0.3, 0.4) is 0 Å². The van der Waals surface area contributed by atoms with E-state index in [1.165, 1.54) is 29.7 Å². The topological polar surface area (TPSA) is 0 Å². The molecule has 0 spiro atoms. The SMILES string of the molecule is c1ccc([CH2][Pb]([CH]2CCCCC2)([CH]2CCCCC2)[CH]2CCCCC2)cc1. The third-order valence-corrected chi connectivity index (χ3v) is 36.9. The van der Waals surface area contributed by atoms with Crippen molar-refractivity contribution in [2.45, 2.75) is 111 Å². The first-order valence-corrected chi connectivity index (χ1v) is 21.4. The number of benzene rings is 1. The molecular formula is C25H40Pb. The van der Waals surface area contributed by atoms with E-state index in [-0.39, 0.29) is 0 Å². The summed E-state index contributed by atoms with van der Waals surface area (Å²) < 4.78 is 5.28. The van der Waals surface area contributed by atoms with E-state index in [9.17, 15) is 0 Å². The molecule has 0 unspecified atom stereocenters. The van der Waals surface area contributed by atoms with Gasteiger partial charge in [-0.05, 0) is 0 Å². The van der Waals surface area contributed by atoms with Crippen LogP contribution >= 0.6 is 0 Å². The number of rotatable bonds is 5. The van der Waals surface area contributed by atoms with Crippen LogP contribution in [0.5, 0.6) is 0 Å². The predicted molar refractivity (Wildman–Crippen MR) is 116 cm³/mol. The Bertz CT molecular complexity index is 473. The number of hydrogen-bond donors (Lipinski definition) is 0. The predicted octanol–water partition coefficient (Wildman–Crippen LogP) is 8.22. The van der Waals surface area contributed by atoms with Gasteiger partial charge in [0.2, 0.25) is 0 Å². The van der Waals surface area contributed by atoms with E-state index in [1.54, 1.807) is 86.6 Å². The summed E-state index contributed by atoms with van der Waals surface area (Å²) in [7, 11) is 0. The molecule has 0 amide bonds. The molecule has 0 bridgehead atoms. The molecule has 3 fully saturated rings. The van der Waals surface area contributed by atoms with E-state index in [4.69, 9.17) is 0 Å². The van der Waals surface area contributed by atoms with Crippen molar-refractivity contribution in [3.8, 4) is 0 Å². The van der Waals surface area contributed by atoms with Gasteiger partial charge in [-0.2, -0.15) is 0 Å². The van der Waals surface area contributed by atoms with E-state index in [0.717, 1.165) is 0 Å². The molecule has 3 aliphatic carbocycles. The first-order valence-electron chi connectivity index (χ1n) is 11.9. The first-order chi connectivity index (χ1) is 12.9. The van der Waals surface area contributed by atoms with Gasteiger partial charge in [0.05, 0.1) is 0 Å². The van der Waals surface area contributed by atoms with Gasteiger partial charge in [0.1, 0.15) is 0 Å². The average molecular weight is 548 g/mol. The van der Waals surface area contributed by atoms with Crippen molar-refractivity contribution < 1.29 is 0 Å². The molecule has 26 heavy (non-hydrogen) atoms. The third-order valence-electron chi connectivity index (χ3n) is 8.45. The zero-order chi connectivity index (χ0) is 17.7. The monoisotopic (exact) mass is 548 g/mol. The van der Waals surface area contributed by atoms with Crippen molar-refractivity contribution in [3.05, 3.63) is 35.9 Å². The van der Waals surface area contributed by atoms with E-state index in [1.807, 2.05) is 0 Å². The van der Waals surface area contributed by atoms with Crippen LogP contribution in [0.1, 0.15) is 102 Å². The molecule has 3 aliphatic rings. The molecular weight excluding hydrogens is 507 g/mol. The van der Waals surface area contributed by atoms with E-state index < -0.39 is 21.2 Å². The quantitative estimate of drug-likeness (QED) is 0.326. The van der Waals surface area contributed by atoms with Crippen molar-refractivity contribution in [3.63, 3.8) is 0 Å². The second-order valence-electron chi connectivity index (χ2n) is 9.78. The van der Waals surface area contributed by atoms with Gasteiger partial charge >= 0.3 is 168 Å². The molecule has 4 rings (SSSR count). The van der Waals surface area contributed by atoms with E-state index in [0.29, 0.717) is 0 Å². The minimum atomic E-state index is -2.50. The number of hydrogen-bond acceptors (Lipinski definition) is 0. The molecule has 1 heteroatoms. The molecule has 0 N–H and O–H groups in total. The van der Waals surface area contributed by atoms with Crippen LogP contribution in [0.2, 0.25) is 10.4 Å². The van der Waals surface area contributed by atoms with Gasteiger partial charge in [0, 0.05) is 0 Å². The fraction of sp³-hybridized carbons (Fsp3) is 0.760. The van der Waals surface area contributed by atoms with Gasteiger partial charge in [-0.15, -0.1) is 0 Å². The molecule has 0 aromatic heterocycles. The van der Waals surface area contributed by atoms with Crippen molar-refractivity contribution in [2.24, 2.45) is 0 Å². The Hall–Kier alpha value is 0.142. The molecule has 0 nitrogen and oxygen atoms in total. The molecule has 1 aromatic rings. The second kappa shape index (κ2) is 9.56. The molecule has 0 atom stereocenters. The molecule has 0 aliphatic heterocycles. The Morgan fingerprint density at radius 1 is 0.538 bits per heavy atom. The Balaban J connectivity index is 1.71. The van der Waals surface area contributed by atoms with Crippen molar-refractivity contribution in [1.29, 1.82) is 0 Å². The normalized spacial score (nSPS) is 24.6. The minimum absolute atomic E-state index is 1.22. The van der Waals surface area contributed by atoms with Crippen LogP contribution in [-0.4, -0.2) is 21.2 Å². The fourth-order valence-corrected chi connectivity index (χ4v) is 39.4. The summed E-state index contributed by atoms with van der Waals surface area (Å²) >= 11 is -2.50. The summed E-state index contributed by atoms with van der Waals surface area (Å²) in [5.74, 6) is 0. The summed E-state index contributed by atoms with van der Waals surface area (Å²) in [6.07, 6.45) is 23.7. The van der Waals surface area contributed by atoms with Crippen molar-refractivity contribution in [2.75, 3.05) is 0 Å². The summed E-state index contributed by atoms with van der Waals surface area (Å²) in [4.78, 5) is 0. The molecule has 144 valence electrons. The Morgan fingerprint density at radius 3 is 1.31 bits per heavy atom. The summed E-state index contributed by atoms with van der Waals surface area (Å²) in [5, 5.41) is 0. The third kappa shape index (κ3) is 4.25. The molecule has 3 saturated carbocycles. The summed E-state index contributed by atoms with van der Waals surface area (Å²) in [6, 6.07) is 11.8. The van der Waals surface area contributed by atoms with E-state index >= 15 is 0 Å². The Kier molecular flexibility index (Phi) is 7.16. The average Bonchev–Trinajstić information content (AvgIpc) is 2.75. The first kappa shape index (κ1) is 19.5. The molecule has 1 aromatic carbocycles. The standard InChI is InChI=1S/C7H7.3C6H11.Pb/c1-7-5-3-2-4-6-7;3*1-2-4-6-5-3-1;/h2-6H,1H2;3*1H,2-6H2;. The van der Waals surface area contributed by atoms with Gasteiger partial charge in [0.15, 0.2) is 0 Å². The van der Waals surface area contributed by atoms with Gasteiger partial charge in [-0.25, -0.2) is 0 Å². The Labute approximate surface area is 167 Å². The second-order valence-corrected chi connectivity index (χ2v) is 29.3. The van der Waals surface area contributed by atoms with Crippen LogP contribution in [0.15, 0.2) is 30.3 Å². The van der Waals surface area contributed by atoms with Gasteiger partial charge in [-0.3, -0.25) is 0 Å². The maximum atomic E-state index is 2.49. The summed E-state index contributed by atoms with van der Waals surface area (Å²) in [6.45, 7) is 0. The van der Waals surface area contributed by atoms with Gasteiger partial charge < -0.3 is 0 Å². The van der Waals surface area contributed by atoms with E-state index in [2.05, 4.69) is 30.3 Å². The molecule has 0 radical (unpaired) electrons. The zero-order valence-electron chi connectivity index (χ0n) is 16.9. The van der Waals surface area contributed by atoms with Crippen LogP contribution in [0.25, 0.3) is 0 Å². The van der Waals surface area contributed by atoms with Crippen molar-refractivity contribution in [1.82, 2.24) is 0 Å². The Morgan fingerprint density at radius 2 is 0.923 bits per heavy atom. The van der Waals surface area contributed by atoms with Crippen LogP contribution in [-0.2, 0) is 3.98 Å². The molecule has 0 saturated heterocycles. The fourth-order valence-electron chi connectivity index (χ4n) is 7.30. The van der Waals surface area contributed by atoms with Gasteiger partial charge in [-0.1, -0.05) is 0 Å². The van der Waals surface area contributed by atoms with Gasteiger partial charge in [0.25, 0.3) is 0 Å².